The van der Waals surface area contributed by atoms with Crippen molar-refractivity contribution in [2.45, 2.75) is 19.3 Å². The molecule has 0 unspecified atom stereocenters. The molecule has 0 aliphatic carbocycles. The third-order valence-corrected chi connectivity index (χ3v) is 11.8. The number of hydrogen-bond donors (Lipinski definition) is 0. The maximum absolute atomic E-state index is 6.84. The molecule has 2 heterocycles. The van der Waals surface area contributed by atoms with Gasteiger partial charge in [0.1, 0.15) is 0 Å². The molecule has 0 aromatic heterocycles. The van der Waals surface area contributed by atoms with E-state index in [9.17, 15) is 0 Å². The van der Waals surface area contributed by atoms with Crippen LogP contribution in [0.15, 0.2) is 194 Å². The van der Waals surface area contributed by atoms with Gasteiger partial charge in [0, 0.05) is 22.1 Å². The summed E-state index contributed by atoms with van der Waals surface area (Å²) < 4.78 is 6.84. The van der Waals surface area contributed by atoms with Gasteiger partial charge in [-0.25, -0.2) is 0 Å². The first-order valence-electron chi connectivity index (χ1n) is 19.4. The van der Waals surface area contributed by atoms with Crippen molar-refractivity contribution in [1.29, 1.82) is 0 Å². The fourth-order valence-electron chi connectivity index (χ4n) is 9.18. The van der Waals surface area contributed by atoms with Crippen LogP contribution in [0.1, 0.15) is 25.0 Å². The van der Waals surface area contributed by atoms with E-state index in [1.54, 1.807) is 0 Å². The third-order valence-electron chi connectivity index (χ3n) is 11.8. The van der Waals surface area contributed by atoms with E-state index in [1.807, 2.05) is 0 Å². The summed E-state index contributed by atoms with van der Waals surface area (Å²) in [5.41, 5.74) is 13.5. The highest BCUT2D eigenvalue weighted by molar-refractivity contribution is 6.04. The summed E-state index contributed by atoms with van der Waals surface area (Å²) in [5, 5.41) is 4.88. The first kappa shape index (κ1) is 32.3. The van der Waals surface area contributed by atoms with Gasteiger partial charge in [-0.1, -0.05) is 159 Å². The van der Waals surface area contributed by atoms with Crippen LogP contribution in [0.5, 0.6) is 11.5 Å². The quantitative estimate of drug-likeness (QED) is 0.176. The predicted molar refractivity (Wildman–Crippen MR) is 234 cm³/mol. The highest BCUT2D eigenvalue weighted by Gasteiger charge is 2.44. The van der Waals surface area contributed by atoms with Gasteiger partial charge in [0.15, 0.2) is 11.5 Å². The van der Waals surface area contributed by atoms with Crippen molar-refractivity contribution in [3.8, 4) is 33.8 Å². The van der Waals surface area contributed by atoms with E-state index in [0.717, 1.165) is 39.9 Å². The number of benzene rings is 9. The lowest BCUT2D eigenvalue weighted by Crippen LogP contribution is -2.34. The molecule has 266 valence electrons. The summed E-state index contributed by atoms with van der Waals surface area (Å²) in [6, 6.07) is 70.2. The number of ether oxygens (including phenoxy) is 1. The van der Waals surface area contributed by atoms with Gasteiger partial charge in [0.05, 0.1) is 28.4 Å². The number of anilines is 6. The summed E-state index contributed by atoms with van der Waals surface area (Å²) in [5.74, 6) is 1.70. The minimum atomic E-state index is -0.417. The average molecular weight is 719 g/mol. The Morgan fingerprint density at radius 2 is 1.14 bits per heavy atom. The van der Waals surface area contributed by atoms with Crippen molar-refractivity contribution in [3.63, 3.8) is 0 Å². The number of para-hydroxylation sites is 2. The minimum absolute atomic E-state index is 0.417. The van der Waals surface area contributed by atoms with Gasteiger partial charge in [-0.2, -0.15) is 0 Å². The first-order valence-corrected chi connectivity index (χ1v) is 19.4. The Morgan fingerprint density at radius 3 is 2.00 bits per heavy atom. The minimum Gasteiger partial charge on any atom is -0.453 e. The molecule has 0 spiro atoms. The van der Waals surface area contributed by atoms with Gasteiger partial charge in [-0.15, -0.1) is 0 Å². The number of fused-ring (bicyclic) bond motifs is 6. The van der Waals surface area contributed by atoms with Gasteiger partial charge in [0.2, 0.25) is 0 Å². The maximum Gasteiger partial charge on any atom is 0.152 e. The van der Waals surface area contributed by atoms with Crippen LogP contribution in [-0.4, -0.2) is 0 Å². The molecule has 0 amide bonds. The number of hydrogen-bond acceptors (Lipinski definition) is 3. The van der Waals surface area contributed by atoms with Gasteiger partial charge < -0.3 is 14.5 Å². The average Bonchev–Trinajstić information content (AvgIpc) is 3.25. The summed E-state index contributed by atoms with van der Waals surface area (Å²) in [6.45, 7) is 4.75. The molecule has 56 heavy (non-hydrogen) atoms. The molecule has 9 aromatic rings. The van der Waals surface area contributed by atoms with Gasteiger partial charge in [0.25, 0.3) is 0 Å². The molecule has 2 aliphatic heterocycles. The summed E-state index contributed by atoms with van der Waals surface area (Å²) >= 11 is 0. The first-order chi connectivity index (χ1) is 27.5. The highest BCUT2D eigenvalue weighted by Crippen LogP contribution is 2.63. The zero-order chi connectivity index (χ0) is 37.4. The van der Waals surface area contributed by atoms with Crippen LogP contribution < -0.4 is 14.5 Å². The van der Waals surface area contributed by atoms with Crippen LogP contribution in [0.2, 0.25) is 0 Å². The Bertz CT molecular complexity index is 2990. The van der Waals surface area contributed by atoms with Crippen LogP contribution in [-0.2, 0) is 5.41 Å². The van der Waals surface area contributed by atoms with E-state index in [2.05, 4.69) is 218 Å². The lowest BCUT2D eigenvalue weighted by atomic mass is 9.71. The summed E-state index contributed by atoms with van der Waals surface area (Å²) in [4.78, 5) is 4.93. The molecule has 3 heteroatoms. The Balaban J connectivity index is 1.19. The Kier molecular flexibility index (Phi) is 7.20. The standard InChI is InChI=1S/C53H38N2O/c1-53(2)44-30-29-39(42-25-13-19-36-17-6-8-23-41(36)42)34-48(44)55-46-26-10-11-28-49(46)56-50-32-31-47(51(53)52(50)55)54(45-27-14-20-37-18-7-9-24-43(37)45)40-22-12-21-38(33-40)35-15-4-3-5-16-35/h3-34H,1-2H3. The van der Waals surface area contributed by atoms with Crippen LogP contribution in [0.25, 0.3) is 43.8 Å². The maximum atomic E-state index is 6.84. The van der Waals surface area contributed by atoms with Crippen molar-refractivity contribution in [1.82, 2.24) is 0 Å². The number of nitrogens with zero attached hydrogens (tertiary/aromatic N) is 2. The van der Waals surface area contributed by atoms with Gasteiger partial charge in [-0.05, 0) is 92.5 Å². The lowest BCUT2D eigenvalue weighted by molar-refractivity contribution is 0.471. The molecule has 0 atom stereocenters. The monoisotopic (exact) mass is 718 g/mol. The van der Waals surface area contributed by atoms with E-state index >= 15 is 0 Å². The smallest absolute Gasteiger partial charge is 0.152 e. The van der Waals surface area contributed by atoms with Crippen LogP contribution in [0.3, 0.4) is 0 Å². The molecule has 11 rings (SSSR count). The van der Waals surface area contributed by atoms with E-state index < -0.39 is 5.41 Å². The molecule has 2 aliphatic rings. The SMILES string of the molecule is CC1(C)c2ccc(-c3cccc4ccccc34)cc2N2c3ccccc3Oc3ccc(N(c4cccc(-c5ccccc5)c4)c4cccc5ccccc45)c1c32. The zero-order valence-corrected chi connectivity index (χ0v) is 31.3. The molecule has 0 saturated carbocycles. The van der Waals surface area contributed by atoms with E-state index in [-0.39, 0.29) is 0 Å². The molecule has 9 aromatic carbocycles. The van der Waals surface area contributed by atoms with Crippen molar-refractivity contribution in [3.05, 3.63) is 205 Å². The lowest BCUT2D eigenvalue weighted by Gasteiger charge is -2.47. The summed E-state index contributed by atoms with van der Waals surface area (Å²) in [7, 11) is 0. The van der Waals surface area contributed by atoms with Crippen LogP contribution >= 0.6 is 0 Å². The van der Waals surface area contributed by atoms with Crippen LogP contribution in [0.4, 0.5) is 34.1 Å². The normalized spacial score (nSPS) is 13.4. The van der Waals surface area contributed by atoms with E-state index in [0.29, 0.717) is 0 Å². The Morgan fingerprint density at radius 1 is 0.464 bits per heavy atom. The third kappa shape index (κ3) is 4.91. The molecular weight excluding hydrogens is 681 g/mol. The fourth-order valence-corrected chi connectivity index (χ4v) is 9.18. The van der Waals surface area contributed by atoms with Gasteiger partial charge in [-0.3, -0.25) is 0 Å². The molecular formula is C53H38N2O. The molecule has 3 nitrogen and oxygen atoms in total. The van der Waals surface area contributed by atoms with Crippen molar-refractivity contribution in [2.75, 3.05) is 9.80 Å². The Hall–Kier alpha value is -7.10. The van der Waals surface area contributed by atoms with Crippen molar-refractivity contribution >= 4 is 55.7 Å². The molecule has 0 bridgehead atoms. The molecule has 0 radical (unpaired) electrons. The molecule has 0 saturated heterocycles. The zero-order valence-electron chi connectivity index (χ0n) is 31.3. The second-order valence-electron chi connectivity index (χ2n) is 15.3. The highest BCUT2D eigenvalue weighted by atomic mass is 16.5. The van der Waals surface area contributed by atoms with Crippen LogP contribution in [0, 0.1) is 0 Å². The summed E-state index contributed by atoms with van der Waals surface area (Å²) in [6.07, 6.45) is 0. The van der Waals surface area contributed by atoms with E-state index in [1.165, 1.54) is 60.6 Å². The fraction of sp³-hybridized carbons (Fsp3) is 0.0566. The van der Waals surface area contributed by atoms with Crippen molar-refractivity contribution < 1.29 is 4.74 Å². The number of rotatable bonds is 5. The van der Waals surface area contributed by atoms with Crippen molar-refractivity contribution in [2.24, 2.45) is 0 Å². The Labute approximate surface area is 327 Å². The largest absolute Gasteiger partial charge is 0.453 e. The second kappa shape index (κ2) is 12.5. The topological polar surface area (TPSA) is 15.7 Å². The predicted octanol–water partition coefficient (Wildman–Crippen LogP) is 15.0. The van der Waals surface area contributed by atoms with Gasteiger partial charge >= 0.3 is 0 Å². The molecule has 0 N–H and O–H groups in total. The second-order valence-corrected chi connectivity index (χ2v) is 15.3. The molecule has 0 fully saturated rings. The van der Waals surface area contributed by atoms with E-state index in [4.69, 9.17) is 4.74 Å².